The Hall–Kier alpha value is -2.90. The second-order valence-corrected chi connectivity index (χ2v) is 6.31. The van der Waals surface area contributed by atoms with Gasteiger partial charge in [-0.25, -0.2) is 17.6 Å². The summed E-state index contributed by atoms with van der Waals surface area (Å²) in [5.74, 6) is -5.11. The van der Waals surface area contributed by atoms with Gasteiger partial charge in [0.2, 0.25) is 5.91 Å². The summed E-state index contributed by atoms with van der Waals surface area (Å²) >= 11 is 0. The highest BCUT2D eigenvalue weighted by molar-refractivity contribution is 5.95. The van der Waals surface area contributed by atoms with E-state index in [9.17, 15) is 27.2 Å². The molecule has 0 aromatic heterocycles. The van der Waals surface area contributed by atoms with E-state index in [2.05, 4.69) is 5.32 Å². The van der Waals surface area contributed by atoms with Crippen molar-refractivity contribution in [3.8, 4) is 0 Å². The lowest BCUT2D eigenvalue weighted by Gasteiger charge is -2.31. The number of likely N-dealkylation sites (tertiary alicyclic amines) is 1. The van der Waals surface area contributed by atoms with Gasteiger partial charge < -0.3 is 10.2 Å². The van der Waals surface area contributed by atoms with E-state index in [1.165, 1.54) is 11.0 Å². The van der Waals surface area contributed by atoms with Crippen molar-refractivity contribution in [2.45, 2.75) is 12.8 Å². The van der Waals surface area contributed by atoms with Crippen LogP contribution in [0.2, 0.25) is 0 Å². The van der Waals surface area contributed by atoms with Crippen LogP contribution in [0.4, 0.5) is 23.2 Å². The highest BCUT2D eigenvalue weighted by Gasteiger charge is 2.29. The van der Waals surface area contributed by atoms with Crippen molar-refractivity contribution in [2.75, 3.05) is 18.4 Å². The molecule has 1 aliphatic heterocycles. The quantitative estimate of drug-likeness (QED) is 0.825. The van der Waals surface area contributed by atoms with Gasteiger partial charge in [0.15, 0.2) is 11.6 Å². The number of halogens is 4. The average molecular weight is 380 g/mol. The normalized spacial score (nSPS) is 14.9. The molecule has 2 aromatic carbocycles. The number of anilines is 1. The van der Waals surface area contributed by atoms with Gasteiger partial charge in [-0.1, -0.05) is 0 Å². The average Bonchev–Trinajstić information content (AvgIpc) is 2.64. The summed E-state index contributed by atoms with van der Waals surface area (Å²) in [6.45, 7) is 0.455. The Morgan fingerprint density at radius 2 is 1.59 bits per heavy atom. The predicted octanol–water partition coefficient (Wildman–Crippen LogP) is 3.73. The fraction of sp³-hybridized carbons (Fsp3) is 0.263. The molecule has 0 unspecified atom stereocenters. The molecule has 2 aromatic rings. The molecule has 1 saturated heterocycles. The van der Waals surface area contributed by atoms with E-state index in [4.69, 9.17) is 0 Å². The molecule has 1 N–H and O–H groups in total. The number of hydrogen-bond acceptors (Lipinski definition) is 2. The number of benzene rings is 2. The molecule has 0 saturated carbocycles. The number of carbonyl (C=O) groups is 2. The first-order valence-corrected chi connectivity index (χ1v) is 8.35. The number of carbonyl (C=O) groups excluding carboxylic acids is 2. The molecule has 1 heterocycles. The van der Waals surface area contributed by atoms with Gasteiger partial charge in [0.05, 0.1) is 5.56 Å². The van der Waals surface area contributed by atoms with E-state index in [1.54, 1.807) is 0 Å². The number of rotatable bonds is 3. The maximum absolute atomic E-state index is 13.8. The molecule has 1 aliphatic rings. The van der Waals surface area contributed by atoms with Crippen LogP contribution in [0.25, 0.3) is 0 Å². The molecule has 2 amide bonds. The Morgan fingerprint density at radius 1 is 0.889 bits per heavy atom. The van der Waals surface area contributed by atoms with Crippen LogP contribution in [0, 0.1) is 29.2 Å². The fourth-order valence-corrected chi connectivity index (χ4v) is 3.00. The molecular formula is C19H16F4N2O2. The fourth-order valence-electron chi connectivity index (χ4n) is 3.00. The summed E-state index contributed by atoms with van der Waals surface area (Å²) in [6, 6.07) is 5.82. The summed E-state index contributed by atoms with van der Waals surface area (Å²) in [4.78, 5) is 26.0. The van der Waals surface area contributed by atoms with Gasteiger partial charge >= 0.3 is 0 Å². The van der Waals surface area contributed by atoms with Crippen molar-refractivity contribution < 1.29 is 27.2 Å². The minimum Gasteiger partial charge on any atom is -0.339 e. The highest BCUT2D eigenvalue weighted by atomic mass is 19.2. The first-order chi connectivity index (χ1) is 12.8. The predicted molar refractivity (Wildman–Crippen MR) is 90.0 cm³/mol. The summed E-state index contributed by atoms with van der Waals surface area (Å²) < 4.78 is 52.9. The minimum absolute atomic E-state index is 0.144. The summed E-state index contributed by atoms with van der Waals surface area (Å²) in [5.41, 5.74) is -0.0770. The second kappa shape index (κ2) is 7.77. The summed E-state index contributed by atoms with van der Waals surface area (Å²) in [6.07, 6.45) is 0.675. The van der Waals surface area contributed by atoms with Gasteiger partial charge in [0.25, 0.3) is 5.91 Å². The smallest absolute Gasteiger partial charge is 0.256 e. The number of nitrogens with one attached hydrogen (secondary N) is 1. The van der Waals surface area contributed by atoms with E-state index in [1.807, 2.05) is 0 Å². The van der Waals surface area contributed by atoms with Gasteiger partial charge in [-0.3, -0.25) is 9.59 Å². The van der Waals surface area contributed by atoms with Crippen molar-refractivity contribution in [3.05, 3.63) is 65.2 Å². The van der Waals surface area contributed by atoms with E-state index < -0.39 is 35.1 Å². The Morgan fingerprint density at radius 3 is 2.22 bits per heavy atom. The molecular weight excluding hydrogens is 364 g/mol. The summed E-state index contributed by atoms with van der Waals surface area (Å²) in [5, 5.41) is 2.52. The zero-order chi connectivity index (χ0) is 19.6. The lowest BCUT2D eigenvalue weighted by atomic mass is 9.95. The van der Waals surface area contributed by atoms with Gasteiger partial charge in [-0.05, 0) is 37.1 Å². The maximum Gasteiger partial charge on any atom is 0.256 e. The van der Waals surface area contributed by atoms with Crippen LogP contribution in [0.15, 0.2) is 36.4 Å². The minimum atomic E-state index is -1.06. The van der Waals surface area contributed by atoms with Crippen LogP contribution < -0.4 is 5.32 Å². The zero-order valence-corrected chi connectivity index (χ0v) is 14.1. The molecule has 0 atom stereocenters. The lowest BCUT2D eigenvalue weighted by molar-refractivity contribution is -0.121. The molecule has 0 aliphatic carbocycles. The van der Waals surface area contributed by atoms with Crippen molar-refractivity contribution in [1.82, 2.24) is 4.90 Å². The van der Waals surface area contributed by atoms with E-state index in [0.717, 1.165) is 24.3 Å². The first-order valence-electron chi connectivity index (χ1n) is 8.35. The van der Waals surface area contributed by atoms with E-state index in [0.29, 0.717) is 18.9 Å². The van der Waals surface area contributed by atoms with Crippen LogP contribution in [-0.2, 0) is 4.79 Å². The third kappa shape index (κ3) is 4.27. The zero-order valence-electron chi connectivity index (χ0n) is 14.1. The Balaban J connectivity index is 1.58. The van der Waals surface area contributed by atoms with Crippen LogP contribution >= 0.6 is 0 Å². The monoisotopic (exact) mass is 380 g/mol. The third-order valence-corrected chi connectivity index (χ3v) is 4.50. The molecule has 4 nitrogen and oxygen atoms in total. The Labute approximate surface area is 152 Å². The van der Waals surface area contributed by atoms with Gasteiger partial charge in [-0.15, -0.1) is 0 Å². The number of hydrogen-bond donors (Lipinski definition) is 1. The second-order valence-electron chi connectivity index (χ2n) is 6.31. The van der Waals surface area contributed by atoms with E-state index >= 15 is 0 Å². The van der Waals surface area contributed by atoms with Crippen LogP contribution in [-0.4, -0.2) is 29.8 Å². The van der Waals surface area contributed by atoms with Crippen LogP contribution in [0.3, 0.4) is 0 Å². The maximum atomic E-state index is 13.8. The lowest BCUT2D eigenvalue weighted by Crippen LogP contribution is -2.41. The van der Waals surface area contributed by atoms with Crippen molar-refractivity contribution in [3.63, 3.8) is 0 Å². The largest absolute Gasteiger partial charge is 0.339 e. The molecule has 142 valence electrons. The number of amides is 2. The van der Waals surface area contributed by atoms with Crippen molar-refractivity contribution in [2.24, 2.45) is 5.92 Å². The molecule has 0 spiro atoms. The first kappa shape index (κ1) is 18.9. The molecule has 1 fully saturated rings. The molecule has 3 rings (SSSR count). The van der Waals surface area contributed by atoms with E-state index in [-0.39, 0.29) is 30.2 Å². The SMILES string of the molecule is O=C(Nc1ccc(F)c(F)c1)C1CCN(C(=O)c2ccc(F)cc2F)CC1. The topological polar surface area (TPSA) is 49.4 Å². The Bertz CT molecular complexity index is 880. The number of piperidine rings is 1. The van der Waals surface area contributed by atoms with Gasteiger partial charge in [0, 0.05) is 36.8 Å². The third-order valence-electron chi connectivity index (χ3n) is 4.50. The van der Waals surface area contributed by atoms with Crippen molar-refractivity contribution in [1.29, 1.82) is 0 Å². The molecule has 0 radical (unpaired) electrons. The summed E-state index contributed by atoms with van der Waals surface area (Å²) in [7, 11) is 0. The van der Waals surface area contributed by atoms with Crippen molar-refractivity contribution >= 4 is 17.5 Å². The molecule has 0 bridgehead atoms. The van der Waals surface area contributed by atoms with Gasteiger partial charge in [-0.2, -0.15) is 0 Å². The number of nitrogens with zero attached hydrogens (tertiary/aromatic N) is 1. The standard InChI is InChI=1S/C19H16F4N2O2/c20-12-1-3-14(16(22)9-12)19(27)25-7-5-11(6-8-25)18(26)24-13-2-4-15(21)17(23)10-13/h1-4,9-11H,5-8H2,(H,24,26). The Kier molecular flexibility index (Phi) is 5.43. The van der Waals surface area contributed by atoms with Gasteiger partial charge in [0.1, 0.15) is 11.6 Å². The van der Waals surface area contributed by atoms with Crippen LogP contribution in [0.1, 0.15) is 23.2 Å². The molecule has 27 heavy (non-hydrogen) atoms. The highest BCUT2D eigenvalue weighted by Crippen LogP contribution is 2.22. The molecule has 8 heteroatoms. The van der Waals surface area contributed by atoms with Crippen LogP contribution in [0.5, 0.6) is 0 Å².